The van der Waals surface area contributed by atoms with Crippen LogP contribution < -0.4 is 4.74 Å². The molecule has 0 spiro atoms. The first-order valence-electron chi connectivity index (χ1n) is 10.2. The molecule has 0 saturated heterocycles. The third-order valence-electron chi connectivity index (χ3n) is 4.94. The van der Waals surface area contributed by atoms with Gasteiger partial charge in [0, 0.05) is 5.56 Å². The van der Waals surface area contributed by atoms with Gasteiger partial charge in [-0.1, -0.05) is 30.3 Å². The van der Waals surface area contributed by atoms with Crippen LogP contribution in [0, 0.1) is 10.1 Å². The highest BCUT2D eigenvalue weighted by Crippen LogP contribution is 2.31. The van der Waals surface area contributed by atoms with E-state index in [1.807, 2.05) is 6.07 Å². The van der Waals surface area contributed by atoms with Crippen LogP contribution in [0.4, 0.5) is 5.82 Å². The Bertz CT molecular complexity index is 1390. The number of rotatable bonds is 8. The van der Waals surface area contributed by atoms with Crippen molar-refractivity contribution in [1.29, 1.82) is 0 Å². The Hall–Kier alpha value is -5.00. The summed E-state index contributed by atoms with van der Waals surface area (Å²) in [5, 5.41) is 19.1. The summed E-state index contributed by atoms with van der Waals surface area (Å²) in [6.07, 6.45) is 1.42. The summed E-state index contributed by atoms with van der Waals surface area (Å²) in [7, 11) is 2.41. The molecule has 0 bridgehead atoms. The van der Waals surface area contributed by atoms with E-state index in [0.717, 1.165) is 0 Å². The third kappa shape index (κ3) is 4.71. The smallest absolute Gasteiger partial charge is 0.390 e. The number of carbonyl (C=O) groups excluding carboxylic acids is 2. The number of ether oxygens (including phenoxy) is 3. The SMILES string of the molecule is COC(=O)c1c(-c2cccc(OCn3ccc([N+](=O)[O-])n3)c2)nn(-c2ccccc2)c1C(=O)OC. The van der Waals surface area contributed by atoms with Gasteiger partial charge in [0.2, 0.25) is 6.73 Å². The van der Waals surface area contributed by atoms with Gasteiger partial charge in [0.05, 0.1) is 37.3 Å². The molecule has 4 aromatic rings. The summed E-state index contributed by atoms with van der Waals surface area (Å²) in [6, 6.07) is 16.7. The van der Waals surface area contributed by atoms with Gasteiger partial charge in [0.1, 0.15) is 17.0 Å². The number of hydrogen-bond donors (Lipinski definition) is 0. The van der Waals surface area contributed by atoms with Gasteiger partial charge in [-0.15, -0.1) is 4.68 Å². The average Bonchev–Trinajstić information content (AvgIpc) is 3.53. The molecule has 0 aliphatic carbocycles. The molecule has 0 unspecified atom stereocenters. The summed E-state index contributed by atoms with van der Waals surface area (Å²) in [5.74, 6) is -1.45. The standard InChI is InChI=1S/C23H19N5O7/c1-33-22(29)19-20(25-27(21(19)23(30)34-2)16-8-4-3-5-9-16)15-7-6-10-17(13-15)35-14-26-12-11-18(24-26)28(31)32/h3-13H,14H2,1-2H3. The van der Waals surface area contributed by atoms with Gasteiger partial charge in [-0.25, -0.2) is 14.3 Å². The number of para-hydroxylation sites is 1. The van der Waals surface area contributed by atoms with Crippen molar-refractivity contribution in [2.24, 2.45) is 0 Å². The lowest BCUT2D eigenvalue weighted by molar-refractivity contribution is -0.389. The minimum Gasteiger partial charge on any atom is -0.469 e. The molecule has 4 rings (SSSR count). The number of nitro groups is 1. The average molecular weight is 477 g/mol. The maximum Gasteiger partial charge on any atom is 0.390 e. The van der Waals surface area contributed by atoms with Crippen LogP contribution in [0.15, 0.2) is 66.9 Å². The van der Waals surface area contributed by atoms with E-state index >= 15 is 0 Å². The molecule has 2 heterocycles. The van der Waals surface area contributed by atoms with E-state index in [-0.39, 0.29) is 29.5 Å². The zero-order valence-corrected chi connectivity index (χ0v) is 18.7. The van der Waals surface area contributed by atoms with E-state index in [4.69, 9.17) is 14.2 Å². The van der Waals surface area contributed by atoms with Crippen molar-refractivity contribution in [3.05, 3.63) is 88.2 Å². The van der Waals surface area contributed by atoms with Crippen LogP contribution in [0.25, 0.3) is 16.9 Å². The molecule has 0 atom stereocenters. The molecule has 0 aliphatic heterocycles. The first-order chi connectivity index (χ1) is 16.9. The predicted molar refractivity (Wildman–Crippen MR) is 121 cm³/mol. The van der Waals surface area contributed by atoms with Gasteiger partial charge < -0.3 is 24.3 Å². The van der Waals surface area contributed by atoms with Gasteiger partial charge in [0.25, 0.3) is 0 Å². The molecule has 2 aromatic carbocycles. The van der Waals surface area contributed by atoms with E-state index in [1.165, 1.54) is 35.8 Å². The molecule has 12 nitrogen and oxygen atoms in total. The highest BCUT2D eigenvalue weighted by atomic mass is 16.6. The topological polar surface area (TPSA) is 141 Å². The third-order valence-corrected chi connectivity index (χ3v) is 4.94. The van der Waals surface area contributed by atoms with E-state index < -0.39 is 16.9 Å². The molecule has 178 valence electrons. The molecule has 0 saturated carbocycles. The van der Waals surface area contributed by atoms with Gasteiger partial charge in [-0.3, -0.25) is 0 Å². The first-order valence-corrected chi connectivity index (χ1v) is 10.2. The molecule has 0 radical (unpaired) electrons. The Morgan fingerprint density at radius 2 is 1.71 bits per heavy atom. The van der Waals surface area contributed by atoms with Crippen LogP contribution >= 0.6 is 0 Å². The van der Waals surface area contributed by atoms with Crippen molar-refractivity contribution in [2.45, 2.75) is 6.73 Å². The molecular formula is C23H19N5O7. The first kappa shape index (κ1) is 23.2. The molecule has 0 aliphatic rings. The minimum atomic E-state index is -0.766. The Balaban J connectivity index is 1.76. The summed E-state index contributed by atoms with van der Waals surface area (Å²) < 4.78 is 18.2. The number of methoxy groups -OCH3 is 2. The van der Waals surface area contributed by atoms with Crippen LogP contribution in [0.3, 0.4) is 0 Å². The fourth-order valence-electron chi connectivity index (χ4n) is 3.35. The van der Waals surface area contributed by atoms with Crippen molar-refractivity contribution in [2.75, 3.05) is 14.2 Å². The second kappa shape index (κ2) is 9.87. The molecule has 2 aromatic heterocycles. The van der Waals surface area contributed by atoms with Crippen LogP contribution in [-0.2, 0) is 16.2 Å². The van der Waals surface area contributed by atoms with Crippen LogP contribution in [0.1, 0.15) is 20.8 Å². The summed E-state index contributed by atoms with van der Waals surface area (Å²) in [5.41, 5.74) is 1.03. The number of hydrogen-bond acceptors (Lipinski definition) is 9. The molecule has 0 fully saturated rings. The largest absolute Gasteiger partial charge is 0.469 e. The normalized spacial score (nSPS) is 10.6. The number of carbonyl (C=O) groups is 2. The van der Waals surface area contributed by atoms with E-state index in [9.17, 15) is 19.7 Å². The fourth-order valence-corrected chi connectivity index (χ4v) is 3.35. The zero-order chi connectivity index (χ0) is 24.9. The summed E-state index contributed by atoms with van der Waals surface area (Å²) in [6.45, 7) is -0.0903. The Morgan fingerprint density at radius 3 is 2.37 bits per heavy atom. The molecule has 0 amide bonds. The van der Waals surface area contributed by atoms with Crippen molar-refractivity contribution < 1.29 is 28.7 Å². The van der Waals surface area contributed by atoms with Gasteiger partial charge in [-0.05, 0) is 29.2 Å². The second-order valence-corrected chi connectivity index (χ2v) is 7.07. The fraction of sp³-hybridized carbons (Fsp3) is 0.130. The Morgan fingerprint density at radius 1 is 0.971 bits per heavy atom. The van der Waals surface area contributed by atoms with E-state index in [0.29, 0.717) is 17.0 Å². The molecular weight excluding hydrogens is 458 g/mol. The lowest BCUT2D eigenvalue weighted by atomic mass is 10.1. The number of benzene rings is 2. The quantitative estimate of drug-likeness (QED) is 0.212. The van der Waals surface area contributed by atoms with Gasteiger partial charge in [-0.2, -0.15) is 5.10 Å². The van der Waals surface area contributed by atoms with Crippen LogP contribution in [0.5, 0.6) is 5.75 Å². The highest BCUT2D eigenvalue weighted by molar-refractivity contribution is 6.06. The molecule has 0 N–H and O–H groups in total. The summed E-state index contributed by atoms with van der Waals surface area (Å²) >= 11 is 0. The van der Waals surface area contributed by atoms with Gasteiger partial charge >= 0.3 is 17.8 Å². The second-order valence-electron chi connectivity index (χ2n) is 7.07. The lowest BCUT2D eigenvalue weighted by Gasteiger charge is -2.07. The Labute approximate surface area is 198 Å². The Kier molecular flexibility index (Phi) is 6.53. The monoisotopic (exact) mass is 477 g/mol. The predicted octanol–water partition coefficient (Wildman–Crippen LogP) is 3.25. The van der Waals surface area contributed by atoms with Crippen LogP contribution in [-0.4, -0.2) is 50.6 Å². The zero-order valence-electron chi connectivity index (χ0n) is 18.7. The van der Waals surface area contributed by atoms with E-state index in [1.54, 1.807) is 48.5 Å². The number of nitrogens with zero attached hydrogens (tertiary/aromatic N) is 5. The minimum absolute atomic E-state index is 0.0666. The van der Waals surface area contributed by atoms with Crippen molar-refractivity contribution in [3.8, 4) is 22.7 Å². The molecule has 35 heavy (non-hydrogen) atoms. The lowest BCUT2D eigenvalue weighted by Crippen LogP contribution is -2.15. The summed E-state index contributed by atoms with van der Waals surface area (Å²) in [4.78, 5) is 35.7. The van der Waals surface area contributed by atoms with E-state index in [2.05, 4.69) is 10.2 Å². The van der Waals surface area contributed by atoms with Gasteiger partial charge in [0.15, 0.2) is 5.69 Å². The van der Waals surface area contributed by atoms with Crippen molar-refractivity contribution >= 4 is 17.8 Å². The van der Waals surface area contributed by atoms with Crippen molar-refractivity contribution in [1.82, 2.24) is 19.6 Å². The maximum absolute atomic E-state index is 12.8. The number of esters is 2. The van der Waals surface area contributed by atoms with Crippen molar-refractivity contribution in [3.63, 3.8) is 0 Å². The van der Waals surface area contributed by atoms with Crippen LogP contribution in [0.2, 0.25) is 0 Å². The maximum atomic E-state index is 12.8. The molecule has 12 heteroatoms. The number of aromatic nitrogens is 4. The highest BCUT2D eigenvalue weighted by Gasteiger charge is 2.31.